The third-order valence-electron chi connectivity index (χ3n) is 6.36. The molecule has 2 amide bonds. The van der Waals surface area contributed by atoms with Crippen molar-refractivity contribution < 1.29 is 9.53 Å². The van der Waals surface area contributed by atoms with E-state index in [4.69, 9.17) is 4.74 Å². The second-order valence-corrected chi connectivity index (χ2v) is 9.79. The van der Waals surface area contributed by atoms with E-state index in [0.717, 1.165) is 71.2 Å². The second-order valence-electron chi connectivity index (χ2n) is 8.71. The predicted molar refractivity (Wildman–Crippen MR) is 130 cm³/mol. The monoisotopic (exact) mass is 467 g/mol. The number of anilines is 1. The van der Waals surface area contributed by atoms with E-state index >= 15 is 0 Å². The number of fused-ring (bicyclic) bond motifs is 3. The smallest absolute Gasteiger partial charge is 0.322 e. The molecule has 9 heteroatoms. The summed E-state index contributed by atoms with van der Waals surface area (Å²) in [6.07, 6.45) is 3.26. The minimum absolute atomic E-state index is 0.0390. The Hall–Kier alpha value is -2.75. The zero-order valence-electron chi connectivity index (χ0n) is 18.9. The molecule has 174 valence electrons. The Morgan fingerprint density at radius 2 is 2.06 bits per heavy atom. The number of thiophene rings is 1. The maximum atomic E-state index is 13.2. The highest BCUT2D eigenvalue weighted by atomic mass is 32.1. The maximum Gasteiger partial charge on any atom is 0.322 e. The van der Waals surface area contributed by atoms with Gasteiger partial charge >= 0.3 is 6.03 Å². The van der Waals surface area contributed by atoms with Crippen molar-refractivity contribution in [2.24, 2.45) is 0 Å². The average molecular weight is 468 g/mol. The van der Waals surface area contributed by atoms with Crippen LogP contribution in [-0.2, 0) is 24.2 Å². The van der Waals surface area contributed by atoms with Gasteiger partial charge in [-0.1, -0.05) is 12.1 Å². The molecule has 1 N–H and O–H groups in total. The predicted octanol–water partition coefficient (Wildman–Crippen LogP) is 3.08. The molecule has 2 aliphatic rings. The Kier molecular flexibility index (Phi) is 6.43. The number of carbonyl (C=O) groups is 1. The van der Waals surface area contributed by atoms with Crippen molar-refractivity contribution in [2.75, 3.05) is 44.7 Å². The number of ether oxygens (including phenoxy) is 1. The summed E-state index contributed by atoms with van der Waals surface area (Å²) >= 11 is 1.53. The maximum absolute atomic E-state index is 13.2. The molecule has 1 saturated heterocycles. The van der Waals surface area contributed by atoms with Crippen LogP contribution in [0.1, 0.15) is 22.4 Å². The van der Waals surface area contributed by atoms with Gasteiger partial charge in [-0.15, -0.1) is 11.3 Å². The summed E-state index contributed by atoms with van der Waals surface area (Å²) in [6.45, 7) is 8.20. The van der Waals surface area contributed by atoms with E-state index in [9.17, 15) is 9.59 Å². The van der Waals surface area contributed by atoms with Crippen molar-refractivity contribution in [3.05, 3.63) is 57.0 Å². The number of amides is 2. The van der Waals surface area contributed by atoms with Crippen LogP contribution in [0, 0.1) is 6.92 Å². The summed E-state index contributed by atoms with van der Waals surface area (Å²) in [5.74, 6) is 0. The third-order valence-corrected chi connectivity index (χ3v) is 7.49. The van der Waals surface area contributed by atoms with E-state index in [1.54, 1.807) is 15.8 Å². The highest BCUT2D eigenvalue weighted by Gasteiger charge is 2.26. The van der Waals surface area contributed by atoms with Crippen LogP contribution in [0.2, 0.25) is 0 Å². The fourth-order valence-corrected chi connectivity index (χ4v) is 5.76. The lowest BCUT2D eigenvalue weighted by atomic mass is 10.1. The van der Waals surface area contributed by atoms with E-state index in [-0.39, 0.29) is 11.6 Å². The van der Waals surface area contributed by atoms with Crippen LogP contribution in [0.3, 0.4) is 0 Å². The second kappa shape index (κ2) is 9.62. The van der Waals surface area contributed by atoms with Crippen LogP contribution in [0.4, 0.5) is 10.5 Å². The summed E-state index contributed by atoms with van der Waals surface area (Å²) in [4.78, 5) is 36.6. The van der Waals surface area contributed by atoms with Gasteiger partial charge in [0.05, 0.1) is 31.5 Å². The molecule has 1 aromatic carbocycles. The van der Waals surface area contributed by atoms with Gasteiger partial charge < -0.3 is 15.0 Å². The van der Waals surface area contributed by atoms with E-state index in [1.165, 1.54) is 11.3 Å². The van der Waals surface area contributed by atoms with Gasteiger partial charge in [0, 0.05) is 43.3 Å². The molecule has 2 aromatic heterocycles. The van der Waals surface area contributed by atoms with Crippen LogP contribution >= 0.6 is 11.3 Å². The first-order valence-electron chi connectivity index (χ1n) is 11.5. The quantitative estimate of drug-likeness (QED) is 0.624. The van der Waals surface area contributed by atoms with E-state index < -0.39 is 0 Å². The van der Waals surface area contributed by atoms with Gasteiger partial charge in [0.25, 0.3) is 5.56 Å². The van der Waals surface area contributed by atoms with Crippen LogP contribution in [0.25, 0.3) is 10.2 Å². The molecule has 2 aliphatic heterocycles. The molecule has 0 unspecified atom stereocenters. The Balaban J connectivity index is 1.28. The number of hydrogen-bond acceptors (Lipinski definition) is 6. The van der Waals surface area contributed by atoms with Crippen LogP contribution in [-0.4, -0.2) is 64.8 Å². The molecule has 0 bridgehead atoms. The average Bonchev–Trinajstić information content (AvgIpc) is 3.20. The summed E-state index contributed by atoms with van der Waals surface area (Å²) in [5, 5.41) is 3.72. The number of benzene rings is 1. The van der Waals surface area contributed by atoms with E-state index in [1.807, 2.05) is 31.2 Å². The van der Waals surface area contributed by atoms with Gasteiger partial charge in [-0.25, -0.2) is 9.78 Å². The van der Waals surface area contributed by atoms with E-state index in [0.29, 0.717) is 26.1 Å². The molecular formula is C24H29N5O3S. The Bertz CT molecular complexity index is 1210. The van der Waals surface area contributed by atoms with Gasteiger partial charge in [-0.05, 0) is 43.0 Å². The Morgan fingerprint density at radius 3 is 2.88 bits per heavy atom. The molecule has 33 heavy (non-hydrogen) atoms. The summed E-state index contributed by atoms with van der Waals surface area (Å²) in [6, 6.07) is 7.67. The molecule has 3 aromatic rings. The minimum atomic E-state index is -0.114. The van der Waals surface area contributed by atoms with Gasteiger partial charge in [0.15, 0.2) is 0 Å². The van der Waals surface area contributed by atoms with Crippen molar-refractivity contribution >= 4 is 33.3 Å². The van der Waals surface area contributed by atoms with Crippen LogP contribution in [0.5, 0.6) is 0 Å². The summed E-state index contributed by atoms with van der Waals surface area (Å²) in [7, 11) is 0. The fourth-order valence-electron chi connectivity index (χ4n) is 4.57. The van der Waals surface area contributed by atoms with Crippen molar-refractivity contribution in [2.45, 2.75) is 32.9 Å². The largest absolute Gasteiger partial charge is 0.379 e. The lowest BCUT2D eigenvalue weighted by Gasteiger charge is -2.27. The third kappa shape index (κ3) is 4.80. The van der Waals surface area contributed by atoms with E-state index in [2.05, 4.69) is 15.2 Å². The van der Waals surface area contributed by atoms with Crippen LogP contribution in [0.15, 0.2) is 35.4 Å². The summed E-state index contributed by atoms with van der Waals surface area (Å²) in [5.41, 5.74) is 3.00. The topological polar surface area (TPSA) is 79.7 Å². The molecule has 0 saturated carbocycles. The first kappa shape index (κ1) is 22.1. The number of nitrogens with zero attached hydrogens (tertiary/aromatic N) is 4. The zero-order valence-corrected chi connectivity index (χ0v) is 19.7. The molecule has 0 radical (unpaired) electrons. The number of hydrogen-bond donors (Lipinski definition) is 1. The van der Waals surface area contributed by atoms with Gasteiger partial charge in [-0.3, -0.25) is 14.3 Å². The van der Waals surface area contributed by atoms with Gasteiger partial charge in [0.1, 0.15) is 4.83 Å². The first-order valence-corrected chi connectivity index (χ1v) is 12.3. The molecule has 4 heterocycles. The normalized spacial score (nSPS) is 16.7. The van der Waals surface area contributed by atoms with Gasteiger partial charge in [-0.2, -0.15) is 0 Å². The molecule has 1 fully saturated rings. The lowest BCUT2D eigenvalue weighted by Crippen LogP contribution is -2.38. The number of morpholine rings is 1. The minimum Gasteiger partial charge on any atom is -0.379 e. The number of nitrogens with one attached hydrogen (secondary N) is 1. The molecule has 0 spiro atoms. The van der Waals surface area contributed by atoms with Gasteiger partial charge in [0.2, 0.25) is 0 Å². The van der Waals surface area contributed by atoms with Crippen molar-refractivity contribution in [1.29, 1.82) is 0 Å². The number of urea groups is 1. The number of aryl methyl sites for hydroxylation is 2. The van der Waals surface area contributed by atoms with Crippen molar-refractivity contribution in [1.82, 2.24) is 19.4 Å². The first-order chi connectivity index (χ1) is 16.1. The summed E-state index contributed by atoms with van der Waals surface area (Å²) < 4.78 is 7.14. The molecule has 0 atom stereocenters. The highest BCUT2D eigenvalue weighted by molar-refractivity contribution is 7.18. The standard InChI is InChI=1S/C24H29N5O3S/c1-17-4-2-5-18(14-17)26-24(31)28-9-6-19-20(15-28)33-22-21(19)23(30)29(16-25-22)8-3-7-27-10-12-32-13-11-27/h2,4-5,14,16H,3,6-13,15H2,1H3,(H,26,31). The Morgan fingerprint density at radius 1 is 1.21 bits per heavy atom. The number of aromatic nitrogens is 2. The molecular weight excluding hydrogens is 438 g/mol. The van der Waals surface area contributed by atoms with Crippen molar-refractivity contribution in [3.8, 4) is 0 Å². The molecule has 5 rings (SSSR count). The zero-order chi connectivity index (χ0) is 22.8. The van der Waals surface area contributed by atoms with Crippen molar-refractivity contribution in [3.63, 3.8) is 0 Å². The fraction of sp³-hybridized carbons (Fsp3) is 0.458. The SMILES string of the molecule is Cc1cccc(NC(=O)N2CCc3c(sc4ncn(CCCN5CCOCC5)c(=O)c34)C2)c1. The number of rotatable bonds is 5. The van der Waals surface area contributed by atoms with Crippen LogP contribution < -0.4 is 10.9 Å². The molecule has 8 nitrogen and oxygen atoms in total. The molecule has 0 aliphatic carbocycles. The lowest BCUT2D eigenvalue weighted by molar-refractivity contribution is 0.0369. The number of carbonyl (C=O) groups excluding carboxylic acids is 1. The highest BCUT2D eigenvalue weighted by Crippen LogP contribution is 2.32. The Labute approximate surface area is 196 Å².